The molecule has 0 unspecified atom stereocenters. The number of hydrogen-bond donors (Lipinski definition) is 1. The summed E-state index contributed by atoms with van der Waals surface area (Å²) in [6.07, 6.45) is 4.83. The zero-order valence-electron chi connectivity index (χ0n) is 15.3. The van der Waals surface area contributed by atoms with Gasteiger partial charge in [0, 0.05) is 24.0 Å². The lowest BCUT2D eigenvalue weighted by Gasteiger charge is -2.05. The summed E-state index contributed by atoms with van der Waals surface area (Å²) < 4.78 is 47.1. The van der Waals surface area contributed by atoms with Gasteiger partial charge in [0.05, 0.1) is 25.1 Å². The van der Waals surface area contributed by atoms with Crippen LogP contribution in [-0.2, 0) is 0 Å². The van der Waals surface area contributed by atoms with Crippen LogP contribution in [0.5, 0.6) is 11.6 Å². The monoisotopic (exact) mass is 418 g/mol. The summed E-state index contributed by atoms with van der Waals surface area (Å²) in [6.45, 7) is -2.99. The maximum atomic E-state index is 13.6. The van der Waals surface area contributed by atoms with Crippen molar-refractivity contribution in [3.8, 4) is 23.0 Å². The van der Waals surface area contributed by atoms with E-state index in [9.17, 15) is 18.0 Å². The molecule has 1 N–H and O–H groups in total. The normalized spacial score (nSPS) is 11.0. The Hall–Kier alpha value is -4.09. The van der Waals surface area contributed by atoms with Gasteiger partial charge in [-0.05, 0) is 18.2 Å². The van der Waals surface area contributed by atoms with Crippen LogP contribution in [0.3, 0.4) is 0 Å². The highest BCUT2D eigenvalue weighted by Gasteiger charge is 2.11. The zero-order valence-corrected chi connectivity index (χ0v) is 15.3. The lowest BCUT2D eigenvalue weighted by molar-refractivity contribution is -0.0528. The Morgan fingerprint density at radius 1 is 1.20 bits per heavy atom. The number of pyridine rings is 2. The summed E-state index contributed by atoms with van der Waals surface area (Å²) >= 11 is 0. The third kappa shape index (κ3) is 5.25. The molecule has 3 aromatic heterocycles. The smallest absolute Gasteiger partial charge is 0.388 e. The number of hydrazone groups is 1. The number of carbonyl (C=O) groups is 1. The van der Waals surface area contributed by atoms with E-state index in [2.05, 4.69) is 35.2 Å². The number of nitrogens with one attached hydrogen (secondary N) is 1. The molecule has 0 bridgehead atoms. The molecule has 0 saturated carbocycles. The minimum Gasteiger partial charge on any atom is -0.495 e. The summed E-state index contributed by atoms with van der Waals surface area (Å²) in [7, 11) is 1.40. The van der Waals surface area contributed by atoms with Crippen LogP contribution in [0.1, 0.15) is 16.1 Å². The molecule has 0 atom stereocenters. The van der Waals surface area contributed by atoms with Crippen molar-refractivity contribution in [3.63, 3.8) is 0 Å². The fourth-order valence-corrected chi connectivity index (χ4v) is 2.16. The lowest BCUT2D eigenvalue weighted by Crippen LogP contribution is -2.19. The molecule has 154 valence electrons. The standard InChI is InChI=1S/C18H13F3N6O3/c1-29-12-6-11(15(19)24-9-12)8-25-27-17(28)13-4-5-22-16(26-13)10-2-3-14(23-7-10)30-18(20)21/h2-9,18H,1H3,(H,27,28)/b25-8+. The van der Waals surface area contributed by atoms with Gasteiger partial charge in [-0.1, -0.05) is 0 Å². The molecule has 0 aliphatic rings. The van der Waals surface area contributed by atoms with Crippen molar-refractivity contribution < 1.29 is 27.4 Å². The van der Waals surface area contributed by atoms with Gasteiger partial charge < -0.3 is 9.47 Å². The van der Waals surface area contributed by atoms with E-state index in [1.807, 2.05) is 0 Å². The number of carbonyl (C=O) groups excluding carboxylic acids is 1. The second-order valence-electron chi connectivity index (χ2n) is 5.48. The number of nitrogens with zero attached hydrogens (tertiary/aromatic N) is 5. The Morgan fingerprint density at radius 2 is 2.03 bits per heavy atom. The second kappa shape index (κ2) is 9.41. The highest BCUT2D eigenvalue weighted by molar-refractivity contribution is 5.93. The van der Waals surface area contributed by atoms with Gasteiger partial charge in [0.25, 0.3) is 5.91 Å². The van der Waals surface area contributed by atoms with E-state index in [0.29, 0.717) is 11.3 Å². The van der Waals surface area contributed by atoms with Crippen LogP contribution in [0.4, 0.5) is 13.2 Å². The Kier molecular flexibility index (Phi) is 6.47. The molecule has 3 rings (SSSR count). The Morgan fingerprint density at radius 3 is 2.73 bits per heavy atom. The molecule has 0 fully saturated rings. The SMILES string of the molecule is COc1cnc(F)c(/C=N/NC(=O)c2ccnc(-c3ccc(OC(F)F)nc3)n2)c1. The van der Waals surface area contributed by atoms with Gasteiger partial charge in [-0.3, -0.25) is 4.79 Å². The maximum absolute atomic E-state index is 13.6. The first kappa shape index (κ1) is 20.6. The van der Waals surface area contributed by atoms with Crippen LogP contribution in [-0.4, -0.2) is 45.8 Å². The molecule has 1 amide bonds. The maximum Gasteiger partial charge on any atom is 0.388 e. The van der Waals surface area contributed by atoms with E-state index in [4.69, 9.17) is 4.74 Å². The quantitative estimate of drug-likeness (QED) is 0.356. The number of methoxy groups -OCH3 is 1. The minimum absolute atomic E-state index is 0.00945. The van der Waals surface area contributed by atoms with Crippen LogP contribution in [0.2, 0.25) is 0 Å². The molecule has 0 aromatic carbocycles. The van der Waals surface area contributed by atoms with Gasteiger partial charge in [0.15, 0.2) is 5.82 Å². The molecule has 0 aliphatic heterocycles. The second-order valence-corrected chi connectivity index (χ2v) is 5.48. The molecule has 9 nitrogen and oxygen atoms in total. The molecular weight excluding hydrogens is 405 g/mol. The number of alkyl halides is 2. The largest absolute Gasteiger partial charge is 0.495 e. The number of ether oxygens (including phenoxy) is 2. The van der Waals surface area contributed by atoms with Crippen LogP contribution < -0.4 is 14.9 Å². The average Bonchev–Trinajstić information content (AvgIpc) is 2.75. The van der Waals surface area contributed by atoms with E-state index >= 15 is 0 Å². The average molecular weight is 418 g/mol. The summed E-state index contributed by atoms with van der Waals surface area (Å²) in [5.41, 5.74) is 2.56. The Balaban J connectivity index is 1.70. The van der Waals surface area contributed by atoms with E-state index < -0.39 is 18.5 Å². The van der Waals surface area contributed by atoms with Crippen LogP contribution >= 0.6 is 0 Å². The highest BCUT2D eigenvalue weighted by Crippen LogP contribution is 2.18. The van der Waals surface area contributed by atoms with Crippen molar-refractivity contribution in [2.75, 3.05) is 7.11 Å². The molecular formula is C18H13F3N6O3. The first-order valence-corrected chi connectivity index (χ1v) is 8.23. The van der Waals surface area contributed by atoms with Crippen molar-refractivity contribution in [3.05, 3.63) is 60.1 Å². The van der Waals surface area contributed by atoms with Gasteiger partial charge >= 0.3 is 6.61 Å². The molecule has 0 saturated heterocycles. The topological polar surface area (TPSA) is 111 Å². The molecule has 0 spiro atoms. The number of aromatic nitrogens is 4. The van der Waals surface area contributed by atoms with Crippen LogP contribution in [0.15, 0.2) is 48.0 Å². The van der Waals surface area contributed by atoms with Gasteiger partial charge in [0.2, 0.25) is 11.8 Å². The van der Waals surface area contributed by atoms with E-state index in [1.165, 1.54) is 50.0 Å². The third-order valence-electron chi connectivity index (χ3n) is 3.54. The fraction of sp³-hybridized carbons (Fsp3) is 0.111. The van der Waals surface area contributed by atoms with Crippen molar-refractivity contribution in [2.24, 2.45) is 5.10 Å². The van der Waals surface area contributed by atoms with Crippen molar-refractivity contribution >= 4 is 12.1 Å². The number of rotatable bonds is 7. The first-order chi connectivity index (χ1) is 14.5. The molecule has 0 aliphatic carbocycles. The lowest BCUT2D eigenvalue weighted by atomic mass is 10.2. The van der Waals surface area contributed by atoms with Gasteiger partial charge in [0.1, 0.15) is 11.4 Å². The molecule has 12 heteroatoms. The summed E-state index contributed by atoms with van der Waals surface area (Å²) in [4.78, 5) is 27.5. The Bertz CT molecular complexity index is 1060. The fourth-order valence-electron chi connectivity index (χ4n) is 2.16. The number of amides is 1. The predicted octanol–water partition coefficient (Wildman–Crippen LogP) is 2.45. The van der Waals surface area contributed by atoms with Gasteiger partial charge in [-0.2, -0.15) is 18.3 Å². The molecule has 3 heterocycles. The Labute approximate surface area is 167 Å². The summed E-state index contributed by atoms with van der Waals surface area (Å²) in [5.74, 6) is -1.29. The van der Waals surface area contributed by atoms with E-state index in [0.717, 1.165) is 6.21 Å². The predicted molar refractivity (Wildman–Crippen MR) is 97.7 cm³/mol. The molecule has 0 radical (unpaired) electrons. The van der Waals surface area contributed by atoms with Crippen molar-refractivity contribution in [1.29, 1.82) is 0 Å². The first-order valence-electron chi connectivity index (χ1n) is 8.23. The van der Waals surface area contributed by atoms with Crippen LogP contribution in [0, 0.1) is 5.95 Å². The van der Waals surface area contributed by atoms with E-state index in [1.54, 1.807) is 0 Å². The molecule has 30 heavy (non-hydrogen) atoms. The van der Waals surface area contributed by atoms with Crippen molar-refractivity contribution in [1.82, 2.24) is 25.4 Å². The minimum atomic E-state index is -2.99. The van der Waals surface area contributed by atoms with Crippen LogP contribution in [0.25, 0.3) is 11.4 Å². The zero-order chi connectivity index (χ0) is 21.5. The molecule has 3 aromatic rings. The summed E-state index contributed by atoms with van der Waals surface area (Å²) in [6, 6.07) is 5.33. The number of halogens is 3. The number of hydrogen-bond acceptors (Lipinski definition) is 8. The third-order valence-corrected chi connectivity index (χ3v) is 3.54. The van der Waals surface area contributed by atoms with Crippen molar-refractivity contribution in [2.45, 2.75) is 6.61 Å². The van der Waals surface area contributed by atoms with Gasteiger partial charge in [-0.15, -0.1) is 0 Å². The highest BCUT2D eigenvalue weighted by atomic mass is 19.3. The van der Waals surface area contributed by atoms with E-state index in [-0.39, 0.29) is 23.0 Å². The van der Waals surface area contributed by atoms with Gasteiger partial charge in [-0.25, -0.2) is 25.4 Å². The summed E-state index contributed by atoms with van der Waals surface area (Å²) in [5, 5.41) is 3.68.